The lowest BCUT2D eigenvalue weighted by molar-refractivity contribution is -0.286. The first-order valence-corrected chi connectivity index (χ1v) is 8.36. The van der Waals surface area contributed by atoms with Crippen molar-refractivity contribution in [2.45, 2.75) is 32.2 Å². The van der Waals surface area contributed by atoms with Crippen LogP contribution in [0.25, 0.3) is 0 Å². The number of ether oxygens (including phenoxy) is 2. The van der Waals surface area contributed by atoms with E-state index in [0.717, 1.165) is 17.0 Å². The SMILES string of the molecule is Cc1nc(SCC(=O)Nc2ccc3c(c2)OC(F)(F)O3)nc(C)c1C. The van der Waals surface area contributed by atoms with Gasteiger partial charge in [-0.2, -0.15) is 0 Å². The second-order valence-electron chi connectivity index (χ2n) is 5.47. The van der Waals surface area contributed by atoms with Crippen molar-refractivity contribution >= 4 is 23.4 Å². The highest BCUT2D eigenvalue weighted by molar-refractivity contribution is 7.99. The molecule has 0 radical (unpaired) electrons. The number of carbonyl (C=O) groups is 1. The number of fused-ring (bicyclic) bond motifs is 1. The van der Waals surface area contributed by atoms with E-state index < -0.39 is 6.29 Å². The Labute approximate surface area is 147 Å². The van der Waals surface area contributed by atoms with Gasteiger partial charge in [-0.15, -0.1) is 8.78 Å². The maximum Gasteiger partial charge on any atom is 0.586 e. The fraction of sp³-hybridized carbons (Fsp3) is 0.312. The van der Waals surface area contributed by atoms with Crippen molar-refractivity contribution in [3.05, 3.63) is 35.2 Å². The van der Waals surface area contributed by atoms with E-state index in [0.29, 0.717) is 10.8 Å². The minimum atomic E-state index is -3.68. The van der Waals surface area contributed by atoms with Crippen molar-refractivity contribution in [3.8, 4) is 11.5 Å². The van der Waals surface area contributed by atoms with Gasteiger partial charge < -0.3 is 14.8 Å². The normalized spacial score (nSPS) is 14.4. The summed E-state index contributed by atoms with van der Waals surface area (Å²) in [7, 11) is 0. The smallest absolute Gasteiger partial charge is 0.395 e. The number of anilines is 1. The van der Waals surface area contributed by atoms with E-state index in [4.69, 9.17) is 0 Å². The predicted molar refractivity (Wildman–Crippen MR) is 88.2 cm³/mol. The lowest BCUT2D eigenvalue weighted by Crippen LogP contribution is -2.25. The minimum Gasteiger partial charge on any atom is -0.395 e. The quantitative estimate of drug-likeness (QED) is 0.659. The van der Waals surface area contributed by atoms with E-state index in [9.17, 15) is 13.6 Å². The molecule has 0 spiro atoms. The van der Waals surface area contributed by atoms with Gasteiger partial charge in [0.1, 0.15) is 0 Å². The Morgan fingerprint density at radius 3 is 2.48 bits per heavy atom. The van der Waals surface area contributed by atoms with E-state index in [-0.39, 0.29) is 23.2 Å². The number of halogens is 2. The number of alkyl halides is 2. The average molecular weight is 367 g/mol. The first-order chi connectivity index (χ1) is 11.7. The van der Waals surface area contributed by atoms with Crippen LogP contribution >= 0.6 is 11.8 Å². The standard InChI is InChI=1S/C16H15F2N3O3S/c1-8-9(2)19-15(20-10(8)3)25-7-14(22)21-11-4-5-12-13(6-11)24-16(17,18)23-12/h4-6H,7H2,1-3H3,(H,21,22). The Hall–Kier alpha value is -2.42. The van der Waals surface area contributed by atoms with Crippen LogP contribution in [0.15, 0.2) is 23.4 Å². The van der Waals surface area contributed by atoms with Gasteiger partial charge in [-0.1, -0.05) is 11.8 Å². The molecule has 2 aromatic rings. The van der Waals surface area contributed by atoms with Crippen molar-refractivity contribution in [3.63, 3.8) is 0 Å². The molecule has 25 heavy (non-hydrogen) atoms. The van der Waals surface area contributed by atoms with Crippen LogP contribution < -0.4 is 14.8 Å². The van der Waals surface area contributed by atoms with Crippen molar-refractivity contribution in [2.24, 2.45) is 0 Å². The van der Waals surface area contributed by atoms with Crippen LogP contribution in [0, 0.1) is 20.8 Å². The lowest BCUT2D eigenvalue weighted by atomic mass is 10.2. The van der Waals surface area contributed by atoms with Crippen LogP contribution in [0.4, 0.5) is 14.5 Å². The zero-order chi connectivity index (χ0) is 18.2. The summed E-state index contributed by atoms with van der Waals surface area (Å²) in [5.41, 5.74) is 3.09. The predicted octanol–water partition coefficient (Wildman–Crippen LogP) is 3.45. The zero-order valence-electron chi connectivity index (χ0n) is 13.7. The van der Waals surface area contributed by atoms with Gasteiger partial charge in [0, 0.05) is 23.1 Å². The highest BCUT2D eigenvalue weighted by Gasteiger charge is 2.43. The highest BCUT2D eigenvalue weighted by atomic mass is 32.2. The van der Waals surface area contributed by atoms with Gasteiger partial charge in [-0.25, -0.2) is 9.97 Å². The molecule has 1 aromatic carbocycles. The molecule has 9 heteroatoms. The number of aromatic nitrogens is 2. The topological polar surface area (TPSA) is 73.3 Å². The maximum atomic E-state index is 13.0. The maximum absolute atomic E-state index is 13.0. The molecule has 1 aromatic heterocycles. The van der Waals surface area contributed by atoms with Crippen molar-refractivity contribution in [1.82, 2.24) is 9.97 Å². The van der Waals surface area contributed by atoms with E-state index in [2.05, 4.69) is 24.8 Å². The summed E-state index contributed by atoms with van der Waals surface area (Å²) in [5, 5.41) is 3.13. The van der Waals surface area contributed by atoms with Crippen LogP contribution in [0.2, 0.25) is 0 Å². The third kappa shape index (κ3) is 3.98. The molecule has 3 rings (SSSR count). The summed E-state index contributed by atoms with van der Waals surface area (Å²) in [6, 6.07) is 4.06. The molecular weight excluding hydrogens is 352 g/mol. The molecule has 0 atom stereocenters. The summed E-state index contributed by atoms with van der Waals surface area (Å²) < 4.78 is 34.6. The molecule has 6 nitrogen and oxygen atoms in total. The first-order valence-electron chi connectivity index (χ1n) is 7.38. The van der Waals surface area contributed by atoms with Crippen molar-refractivity contribution < 1.29 is 23.0 Å². The second kappa shape index (κ2) is 6.47. The molecule has 0 saturated carbocycles. The molecule has 2 heterocycles. The van der Waals surface area contributed by atoms with Gasteiger partial charge in [-0.05, 0) is 38.5 Å². The number of amides is 1. The molecule has 1 aliphatic rings. The van der Waals surface area contributed by atoms with E-state index in [1.54, 1.807) is 0 Å². The highest BCUT2D eigenvalue weighted by Crippen LogP contribution is 2.42. The number of hydrogen-bond acceptors (Lipinski definition) is 6. The van der Waals surface area contributed by atoms with Crippen molar-refractivity contribution in [2.75, 3.05) is 11.1 Å². The van der Waals surface area contributed by atoms with Gasteiger partial charge >= 0.3 is 6.29 Å². The second-order valence-corrected chi connectivity index (χ2v) is 6.41. The summed E-state index contributed by atoms with van der Waals surface area (Å²) >= 11 is 1.20. The molecule has 1 N–H and O–H groups in total. The molecule has 0 saturated heterocycles. The van der Waals surface area contributed by atoms with Gasteiger partial charge in [0.15, 0.2) is 16.7 Å². The number of aryl methyl sites for hydroxylation is 2. The monoisotopic (exact) mass is 367 g/mol. The number of carbonyl (C=O) groups excluding carboxylic acids is 1. The number of rotatable bonds is 4. The van der Waals surface area contributed by atoms with Crippen LogP contribution in [-0.4, -0.2) is 27.9 Å². The van der Waals surface area contributed by atoms with Crippen LogP contribution in [0.5, 0.6) is 11.5 Å². The third-order valence-electron chi connectivity index (χ3n) is 3.63. The molecule has 1 amide bonds. The molecular formula is C16H15F2N3O3S. The average Bonchev–Trinajstić information content (AvgIpc) is 2.83. The minimum absolute atomic E-state index is 0.0728. The first kappa shape index (κ1) is 17.4. The fourth-order valence-electron chi connectivity index (χ4n) is 2.16. The lowest BCUT2D eigenvalue weighted by Gasteiger charge is -2.08. The Bertz CT molecular complexity index is 822. The fourth-order valence-corrected chi connectivity index (χ4v) is 2.90. The molecule has 0 fully saturated rings. The van der Waals surface area contributed by atoms with Crippen LogP contribution in [-0.2, 0) is 4.79 Å². The number of hydrogen-bond donors (Lipinski definition) is 1. The molecule has 0 unspecified atom stereocenters. The molecule has 1 aliphatic heterocycles. The Morgan fingerprint density at radius 2 is 1.80 bits per heavy atom. The van der Waals surface area contributed by atoms with Crippen molar-refractivity contribution in [1.29, 1.82) is 0 Å². The molecule has 0 aliphatic carbocycles. The van der Waals surface area contributed by atoms with Gasteiger partial charge in [0.2, 0.25) is 5.91 Å². The zero-order valence-corrected chi connectivity index (χ0v) is 14.5. The van der Waals surface area contributed by atoms with Gasteiger partial charge in [0.05, 0.1) is 5.75 Å². The van der Waals surface area contributed by atoms with E-state index >= 15 is 0 Å². The van der Waals surface area contributed by atoms with Crippen LogP contribution in [0.1, 0.15) is 17.0 Å². The summed E-state index contributed by atoms with van der Waals surface area (Å²) in [6.45, 7) is 5.71. The van der Waals surface area contributed by atoms with Gasteiger partial charge in [-0.3, -0.25) is 4.79 Å². The van der Waals surface area contributed by atoms with E-state index in [1.165, 1.54) is 30.0 Å². The third-order valence-corrected chi connectivity index (χ3v) is 4.48. The largest absolute Gasteiger partial charge is 0.586 e. The Balaban J connectivity index is 1.61. The molecule has 0 bridgehead atoms. The number of thioether (sulfide) groups is 1. The van der Waals surface area contributed by atoms with Gasteiger partial charge in [0.25, 0.3) is 0 Å². The Kier molecular flexibility index (Phi) is 4.51. The number of nitrogens with zero attached hydrogens (tertiary/aromatic N) is 2. The number of nitrogens with one attached hydrogen (secondary N) is 1. The van der Waals surface area contributed by atoms with Crippen LogP contribution in [0.3, 0.4) is 0 Å². The molecule has 132 valence electrons. The van der Waals surface area contributed by atoms with E-state index in [1.807, 2.05) is 20.8 Å². The number of benzene rings is 1. The summed E-state index contributed by atoms with van der Waals surface area (Å²) in [4.78, 5) is 20.7. The summed E-state index contributed by atoms with van der Waals surface area (Å²) in [5.74, 6) is -0.415. The Morgan fingerprint density at radius 1 is 1.16 bits per heavy atom. The summed E-state index contributed by atoms with van der Waals surface area (Å²) in [6.07, 6.45) is -3.68.